The molecule has 0 aromatic heterocycles. The van der Waals surface area contributed by atoms with Gasteiger partial charge in [0.2, 0.25) is 0 Å². The Balaban J connectivity index is 2.70. The molecule has 7 heteroatoms. The minimum absolute atomic E-state index is 0.0110. The van der Waals surface area contributed by atoms with Crippen molar-refractivity contribution in [2.45, 2.75) is 32.0 Å². The number of methoxy groups -OCH3 is 1. The molecule has 0 fully saturated rings. The van der Waals surface area contributed by atoms with Crippen LogP contribution < -0.4 is 10.5 Å². The number of unbranched alkanes of at least 4 members (excludes halogenated alkanes) is 1. The molecule has 1 radical (unpaired) electrons. The highest BCUT2D eigenvalue weighted by molar-refractivity contribution is 6.36. The summed E-state index contributed by atoms with van der Waals surface area (Å²) in [6, 6.07) is 5.07. The third-order valence-electron chi connectivity index (χ3n) is 3.10. The second-order valence-electron chi connectivity index (χ2n) is 4.81. The summed E-state index contributed by atoms with van der Waals surface area (Å²) in [5.74, 6) is -0.512. The van der Waals surface area contributed by atoms with Crippen LogP contribution in [0, 0.1) is 0 Å². The molecular formula is C15H23BNO5. The van der Waals surface area contributed by atoms with E-state index in [2.05, 4.69) is 6.92 Å². The van der Waals surface area contributed by atoms with Crippen molar-refractivity contribution in [3.63, 3.8) is 0 Å². The molecule has 121 valence electrons. The summed E-state index contributed by atoms with van der Waals surface area (Å²) in [4.78, 5) is 11.7. The largest absolute Gasteiger partial charge is 0.504 e. The molecule has 0 aliphatic heterocycles. The Bertz CT molecular complexity index is 469. The lowest BCUT2D eigenvalue weighted by atomic mass is 9.76. The second kappa shape index (κ2) is 10.1. The van der Waals surface area contributed by atoms with E-state index in [4.69, 9.17) is 19.9 Å². The molecule has 22 heavy (non-hydrogen) atoms. The van der Waals surface area contributed by atoms with Crippen molar-refractivity contribution in [3.8, 4) is 11.5 Å². The Morgan fingerprint density at radius 1 is 1.45 bits per heavy atom. The Kier molecular flexibility index (Phi) is 8.39. The highest BCUT2D eigenvalue weighted by atomic mass is 16.5. The smallest absolute Gasteiger partial charge is 0.309 e. The predicted molar refractivity (Wildman–Crippen MR) is 83.9 cm³/mol. The van der Waals surface area contributed by atoms with Crippen molar-refractivity contribution in [1.82, 2.24) is 0 Å². The van der Waals surface area contributed by atoms with Gasteiger partial charge in [-0.25, -0.2) is 0 Å². The topological polar surface area (TPSA) is 91.0 Å². The number of esters is 1. The van der Waals surface area contributed by atoms with E-state index in [1.165, 1.54) is 14.6 Å². The molecule has 0 aliphatic carbocycles. The summed E-state index contributed by atoms with van der Waals surface area (Å²) in [6.07, 6.45) is 2.29. The number of hydrogen-bond donors (Lipinski definition) is 2. The molecule has 0 spiro atoms. The minimum atomic E-state index is -0.584. The van der Waals surface area contributed by atoms with Gasteiger partial charge in [0.05, 0.1) is 26.3 Å². The molecule has 0 heterocycles. The van der Waals surface area contributed by atoms with Crippen LogP contribution >= 0.6 is 0 Å². The van der Waals surface area contributed by atoms with Crippen LogP contribution in [0.4, 0.5) is 0 Å². The molecule has 0 saturated heterocycles. The molecular weight excluding hydrogens is 285 g/mol. The van der Waals surface area contributed by atoms with E-state index in [0.29, 0.717) is 18.8 Å². The standard InChI is InChI=1S/C15H23BNO5/c1-3-4-7-21-14-6-5-11(9-13(14)18)8-12(15(19)20-2)16-22-10-17/h5-6,9,12,18H,3-4,7-8,10,17H2,1-2H3/t12-/m0/s1. The van der Waals surface area contributed by atoms with Gasteiger partial charge in [0.15, 0.2) is 11.5 Å². The molecule has 1 aromatic rings. The van der Waals surface area contributed by atoms with Gasteiger partial charge in [-0.3, -0.25) is 4.79 Å². The van der Waals surface area contributed by atoms with Crippen LogP contribution in [-0.2, 0) is 20.6 Å². The number of phenolic OH excluding ortho intramolecular Hbond substituents is 1. The maximum Gasteiger partial charge on any atom is 0.309 e. The van der Waals surface area contributed by atoms with Crippen molar-refractivity contribution in [3.05, 3.63) is 23.8 Å². The molecule has 0 saturated carbocycles. The van der Waals surface area contributed by atoms with E-state index in [0.717, 1.165) is 18.4 Å². The Morgan fingerprint density at radius 3 is 2.82 bits per heavy atom. The fourth-order valence-corrected chi connectivity index (χ4v) is 1.90. The summed E-state index contributed by atoms with van der Waals surface area (Å²) < 4.78 is 15.2. The predicted octanol–water partition coefficient (Wildman–Crippen LogP) is 1.63. The van der Waals surface area contributed by atoms with Crippen LogP contribution in [0.15, 0.2) is 18.2 Å². The zero-order valence-electron chi connectivity index (χ0n) is 13.1. The van der Waals surface area contributed by atoms with Crippen molar-refractivity contribution < 1.29 is 24.0 Å². The molecule has 3 N–H and O–H groups in total. The van der Waals surface area contributed by atoms with Crippen LogP contribution in [0.2, 0.25) is 5.82 Å². The van der Waals surface area contributed by atoms with Crippen molar-refractivity contribution in [1.29, 1.82) is 0 Å². The maximum absolute atomic E-state index is 11.7. The van der Waals surface area contributed by atoms with E-state index in [1.54, 1.807) is 18.2 Å². The number of carbonyl (C=O) groups is 1. The molecule has 1 rings (SSSR count). The summed E-state index contributed by atoms with van der Waals surface area (Å²) in [5, 5.41) is 9.97. The van der Waals surface area contributed by atoms with Gasteiger partial charge in [0.1, 0.15) is 0 Å². The SMILES string of the molecule is CCCCOc1ccc(C[C@H]([B]OCN)C(=O)OC)cc1O. The summed E-state index contributed by atoms with van der Waals surface area (Å²) in [7, 11) is 2.67. The summed E-state index contributed by atoms with van der Waals surface area (Å²) in [5.41, 5.74) is 6.02. The van der Waals surface area contributed by atoms with E-state index < -0.39 is 11.8 Å². The molecule has 0 bridgehead atoms. The Hall–Kier alpha value is -1.73. The summed E-state index contributed by atoms with van der Waals surface area (Å²) >= 11 is 0. The number of aromatic hydroxyl groups is 1. The third kappa shape index (κ3) is 5.95. The van der Waals surface area contributed by atoms with Gasteiger partial charge in [-0.1, -0.05) is 19.4 Å². The zero-order valence-corrected chi connectivity index (χ0v) is 13.1. The van der Waals surface area contributed by atoms with Crippen molar-refractivity contribution in [2.75, 3.05) is 20.4 Å². The highest BCUT2D eigenvalue weighted by Gasteiger charge is 2.22. The fraction of sp³-hybridized carbons (Fsp3) is 0.533. The number of rotatable bonds is 10. The number of hydrogen-bond acceptors (Lipinski definition) is 6. The Labute approximate surface area is 131 Å². The van der Waals surface area contributed by atoms with E-state index in [1.807, 2.05) is 0 Å². The molecule has 0 aliphatic rings. The van der Waals surface area contributed by atoms with Crippen LogP contribution in [0.25, 0.3) is 0 Å². The molecule has 1 atom stereocenters. The van der Waals surface area contributed by atoms with Crippen LogP contribution in [0.1, 0.15) is 25.3 Å². The lowest BCUT2D eigenvalue weighted by molar-refractivity contribution is -0.140. The van der Waals surface area contributed by atoms with Crippen LogP contribution in [0.5, 0.6) is 11.5 Å². The number of carbonyl (C=O) groups excluding carboxylic acids is 1. The number of benzene rings is 1. The summed E-state index contributed by atoms with van der Waals surface area (Å²) in [6.45, 7) is 2.62. The minimum Gasteiger partial charge on any atom is -0.504 e. The van der Waals surface area contributed by atoms with Crippen molar-refractivity contribution in [2.24, 2.45) is 5.73 Å². The molecule has 1 aromatic carbocycles. The van der Waals surface area contributed by atoms with Gasteiger partial charge >= 0.3 is 13.5 Å². The van der Waals surface area contributed by atoms with Crippen molar-refractivity contribution >= 4 is 13.5 Å². The first kappa shape index (κ1) is 18.3. The Morgan fingerprint density at radius 2 is 2.23 bits per heavy atom. The first-order valence-corrected chi connectivity index (χ1v) is 7.29. The van der Waals surface area contributed by atoms with Gasteiger partial charge in [-0.15, -0.1) is 0 Å². The molecule has 0 unspecified atom stereocenters. The first-order chi connectivity index (χ1) is 10.6. The second-order valence-corrected chi connectivity index (χ2v) is 4.81. The normalized spacial score (nSPS) is 11.8. The van der Waals surface area contributed by atoms with Gasteiger partial charge < -0.3 is 25.0 Å². The number of nitrogens with two attached hydrogens (primary N) is 1. The average Bonchev–Trinajstić information content (AvgIpc) is 2.52. The maximum atomic E-state index is 11.7. The van der Waals surface area contributed by atoms with Gasteiger partial charge in [-0.2, -0.15) is 0 Å². The fourth-order valence-electron chi connectivity index (χ4n) is 1.90. The third-order valence-corrected chi connectivity index (χ3v) is 3.10. The average molecular weight is 308 g/mol. The lowest BCUT2D eigenvalue weighted by Gasteiger charge is -2.14. The lowest BCUT2D eigenvalue weighted by Crippen LogP contribution is -2.23. The monoisotopic (exact) mass is 308 g/mol. The first-order valence-electron chi connectivity index (χ1n) is 7.29. The zero-order chi connectivity index (χ0) is 16.4. The quantitative estimate of drug-likeness (QED) is 0.295. The number of ether oxygens (including phenoxy) is 2. The molecule has 0 amide bonds. The van der Waals surface area contributed by atoms with Gasteiger partial charge in [0, 0.05) is 0 Å². The van der Waals surface area contributed by atoms with Gasteiger partial charge in [0.25, 0.3) is 0 Å². The van der Waals surface area contributed by atoms with E-state index in [9.17, 15) is 9.90 Å². The van der Waals surface area contributed by atoms with Crippen LogP contribution in [0.3, 0.4) is 0 Å². The number of phenols is 1. The molecule has 6 nitrogen and oxygen atoms in total. The van der Waals surface area contributed by atoms with E-state index in [-0.39, 0.29) is 12.5 Å². The van der Waals surface area contributed by atoms with Gasteiger partial charge in [-0.05, 0) is 30.5 Å². The van der Waals surface area contributed by atoms with Crippen LogP contribution in [-0.4, -0.2) is 39.0 Å². The van der Waals surface area contributed by atoms with E-state index >= 15 is 0 Å². The highest BCUT2D eigenvalue weighted by Crippen LogP contribution is 2.29.